The summed E-state index contributed by atoms with van der Waals surface area (Å²) in [6.45, 7) is 2.94. The van der Waals surface area contributed by atoms with Crippen LogP contribution in [0.3, 0.4) is 0 Å². The second kappa shape index (κ2) is 6.53. The largest absolute Gasteiger partial charge is 0.493 e. The number of pyridine rings is 1. The SMILES string of the molecule is O=C(NC[C@H]1[C@@H]2CNC[C@@H](C2)c2cccc(=O)n21)c1ccc2c(c1)CCO2. The van der Waals surface area contributed by atoms with Crippen molar-refractivity contribution < 1.29 is 9.53 Å². The van der Waals surface area contributed by atoms with Gasteiger partial charge in [0.15, 0.2) is 0 Å². The third-order valence-corrected chi connectivity index (χ3v) is 6.12. The van der Waals surface area contributed by atoms with Gasteiger partial charge in [0.2, 0.25) is 0 Å². The molecule has 1 aromatic heterocycles. The number of ether oxygens (including phenoxy) is 1. The molecular formula is C21H23N3O3. The number of carbonyl (C=O) groups is 1. The van der Waals surface area contributed by atoms with Crippen molar-refractivity contribution in [2.75, 3.05) is 26.2 Å². The molecule has 4 heterocycles. The molecule has 2 bridgehead atoms. The Morgan fingerprint density at radius 2 is 2.19 bits per heavy atom. The maximum atomic E-state index is 12.7. The Hall–Kier alpha value is -2.60. The van der Waals surface area contributed by atoms with Gasteiger partial charge in [-0.15, -0.1) is 0 Å². The van der Waals surface area contributed by atoms with Crippen molar-refractivity contribution in [3.8, 4) is 5.75 Å². The third-order valence-electron chi connectivity index (χ3n) is 6.12. The van der Waals surface area contributed by atoms with Gasteiger partial charge in [0.25, 0.3) is 11.5 Å². The molecule has 0 aliphatic carbocycles. The summed E-state index contributed by atoms with van der Waals surface area (Å²) >= 11 is 0. The van der Waals surface area contributed by atoms with Gasteiger partial charge >= 0.3 is 0 Å². The van der Waals surface area contributed by atoms with E-state index in [1.807, 2.05) is 28.8 Å². The molecule has 1 fully saturated rings. The second-order valence-electron chi connectivity index (χ2n) is 7.71. The average Bonchev–Trinajstić information content (AvgIpc) is 3.16. The number of amides is 1. The molecule has 6 heteroatoms. The minimum absolute atomic E-state index is 0.0144. The lowest BCUT2D eigenvalue weighted by Gasteiger charge is -2.43. The molecule has 0 spiro atoms. The Morgan fingerprint density at radius 1 is 1.26 bits per heavy atom. The van der Waals surface area contributed by atoms with Gasteiger partial charge in [-0.3, -0.25) is 9.59 Å². The summed E-state index contributed by atoms with van der Waals surface area (Å²) < 4.78 is 7.42. The first kappa shape index (κ1) is 16.6. The molecule has 1 saturated heterocycles. The second-order valence-corrected chi connectivity index (χ2v) is 7.71. The van der Waals surface area contributed by atoms with Gasteiger partial charge < -0.3 is 19.9 Å². The van der Waals surface area contributed by atoms with Crippen LogP contribution in [0.5, 0.6) is 5.75 Å². The first-order chi connectivity index (χ1) is 13.2. The van der Waals surface area contributed by atoms with Crippen molar-refractivity contribution >= 4 is 5.91 Å². The van der Waals surface area contributed by atoms with Gasteiger partial charge in [-0.2, -0.15) is 0 Å². The molecule has 0 radical (unpaired) electrons. The fraction of sp³-hybridized carbons (Fsp3) is 0.429. The minimum atomic E-state index is -0.0962. The van der Waals surface area contributed by atoms with Gasteiger partial charge in [-0.05, 0) is 42.2 Å². The van der Waals surface area contributed by atoms with E-state index in [4.69, 9.17) is 4.74 Å². The molecule has 1 aromatic carbocycles. The van der Waals surface area contributed by atoms with Crippen LogP contribution in [-0.2, 0) is 6.42 Å². The summed E-state index contributed by atoms with van der Waals surface area (Å²) in [5, 5.41) is 6.55. The Morgan fingerprint density at radius 3 is 3.11 bits per heavy atom. The van der Waals surface area contributed by atoms with Crippen LogP contribution in [-0.4, -0.2) is 36.7 Å². The zero-order chi connectivity index (χ0) is 18.4. The van der Waals surface area contributed by atoms with Gasteiger partial charge in [0.05, 0.1) is 12.6 Å². The molecule has 27 heavy (non-hydrogen) atoms. The molecule has 0 saturated carbocycles. The van der Waals surface area contributed by atoms with Crippen molar-refractivity contribution in [1.82, 2.24) is 15.2 Å². The van der Waals surface area contributed by atoms with E-state index in [0.717, 1.165) is 42.9 Å². The summed E-state index contributed by atoms with van der Waals surface area (Å²) in [7, 11) is 0. The van der Waals surface area contributed by atoms with Crippen LogP contribution in [0.2, 0.25) is 0 Å². The molecule has 2 aromatic rings. The Balaban J connectivity index is 1.38. The highest BCUT2D eigenvalue weighted by Crippen LogP contribution is 2.38. The standard InChI is InChI=1S/C21H23N3O3/c25-20-3-1-2-17-15-9-16(11-22-10-15)18(24(17)20)12-23-21(26)14-4-5-19-13(8-14)6-7-27-19/h1-5,8,15-16,18,22H,6-7,9-12H2,(H,23,26)/t15-,16+,18+/m1/s1. The summed E-state index contributed by atoms with van der Waals surface area (Å²) in [6.07, 6.45) is 1.91. The van der Waals surface area contributed by atoms with Crippen molar-refractivity contribution in [2.45, 2.75) is 24.8 Å². The number of carbonyl (C=O) groups excluding carboxylic acids is 1. The van der Waals surface area contributed by atoms with Crippen molar-refractivity contribution in [3.63, 3.8) is 0 Å². The summed E-state index contributed by atoms with van der Waals surface area (Å²) in [6, 6.07) is 11.1. The lowest BCUT2D eigenvalue weighted by atomic mass is 9.79. The molecule has 1 amide bonds. The number of fused-ring (bicyclic) bond motifs is 5. The average molecular weight is 365 g/mol. The number of nitrogens with one attached hydrogen (secondary N) is 2. The molecule has 6 nitrogen and oxygen atoms in total. The van der Waals surface area contributed by atoms with E-state index in [0.29, 0.717) is 30.6 Å². The van der Waals surface area contributed by atoms with Crippen molar-refractivity contribution in [2.24, 2.45) is 5.92 Å². The zero-order valence-electron chi connectivity index (χ0n) is 15.1. The van der Waals surface area contributed by atoms with E-state index in [9.17, 15) is 9.59 Å². The molecule has 3 aliphatic rings. The minimum Gasteiger partial charge on any atom is -0.493 e. The molecule has 0 unspecified atom stereocenters. The van der Waals surface area contributed by atoms with Crippen LogP contribution < -0.4 is 20.9 Å². The maximum absolute atomic E-state index is 12.7. The molecule has 3 aliphatic heterocycles. The van der Waals surface area contributed by atoms with Gasteiger partial charge in [0, 0.05) is 49.3 Å². The van der Waals surface area contributed by atoms with E-state index in [-0.39, 0.29) is 17.5 Å². The van der Waals surface area contributed by atoms with Crippen LogP contribution in [0.15, 0.2) is 41.2 Å². The quantitative estimate of drug-likeness (QED) is 0.864. The number of benzene rings is 1. The van der Waals surface area contributed by atoms with E-state index < -0.39 is 0 Å². The predicted molar refractivity (Wildman–Crippen MR) is 101 cm³/mol. The number of piperidine rings is 1. The van der Waals surface area contributed by atoms with E-state index >= 15 is 0 Å². The van der Waals surface area contributed by atoms with Gasteiger partial charge in [-0.1, -0.05) is 6.07 Å². The number of nitrogens with zero attached hydrogens (tertiary/aromatic N) is 1. The molecule has 3 atom stereocenters. The van der Waals surface area contributed by atoms with Gasteiger partial charge in [-0.25, -0.2) is 0 Å². The van der Waals surface area contributed by atoms with Crippen LogP contribution in [0, 0.1) is 5.92 Å². The lowest BCUT2D eigenvalue weighted by molar-refractivity contribution is 0.0932. The topological polar surface area (TPSA) is 72.4 Å². The maximum Gasteiger partial charge on any atom is 0.251 e. The molecule has 2 N–H and O–H groups in total. The monoisotopic (exact) mass is 365 g/mol. The summed E-state index contributed by atoms with van der Waals surface area (Å²) in [5.74, 6) is 1.51. The third kappa shape index (κ3) is 2.84. The fourth-order valence-electron chi connectivity index (χ4n) is 4.79. The molecule has 5 rings (SSSR count). The predicted octanol–water partition coefficient (Wildman–Crippen LogP) is 1.46. The zero-order valence-corrected chi connectivity index (χ0v) is 15.1. The van der Waals surface area contributed by atoms with E-state index in [1.54, 1.807) is 12.1 Å². The first-order valence-corrected chi connectivity index (χ1v) is 9.67. The number of hydrogen-bond donors (Lipinski definition) is 2. The highest BCUT2D eigenvalue weighted by Gasteiger charge is 2.37. The Labute approximate surface area is 157 Å². The Bertz CT molecular complexity index is 952. The van der Waals surface area contributed by atoms with Crippen molar-refractivity contribution in [1.29, 1.82) is 0 Å². The Kier molecular flexibility index (Phi) is 4.01. The van der Waals surface area contributed by atoms with Crippen LogP contribution in [0.1, 0.15) is 40.0 Å². The smallest absolute Gasteiger partial charge is 0.251 e. The van der Waals surface area contributed by atoms with Crippen LogP contribution >= 0.6 is 0 Å². The molecular weight excluding hydrogens is 342 g/mol. The highest BCUT2D eigenvalue weighted by atomic mass is 16.5. The van der Waals surface area contributed by atoms with E-state index in [2.05, 4.69) is 10.6 Å². The summed E-state index contributed by atoms with van der Waals surface area (Å²) in [5.41, 5.74) is 2.84. The molecule has 140 valence electrons. The number of hydrogen-bond acceptors (Lipinski definition) is 4. The summed E-state index contributed by atoms with van der Waals surface area (Å²) in [4.78, 5) is 25.3. The fourth-order valence-corrected chi connectivity index (χ4v) is 4.79. The van der Waals surface area contributed by atoms with Crippen molar-refractivity contribution in [3.05, 3.63) is 63.6 Å². The normalized spacial score (nSPS) is 25.3. The van der Waals surface area contributed by atoms with Gasteiger partial charge in [0.1, 0.15) is 5.75 Å². The van der Waals surface area contributed by atoms with Crippen LogP contribution in [0.4, 0.5) is 0 Å². The van der Waals surface area contributed by atoms with E-state index in [1.165, 1.54) is 0 Å². The number of aromatic nitrogens is 1. The number of rotatable bonds is 3. The lowest BCUT2D eigenvalue weighted by Crippen LogP contribution is -2.50. The first-order valence-electron chi connectivity index (χ1n) is 9.67. The van der Waals surface area contributed by atoms with Crippen LogP contribution in [0.25, 0.3) is 0 Å². The highest BCUT2D eigenvalue weighted by molar-refractivity contribution is 5.94.